The van der Waals surface area contributed by atoms with Crippen LogP contribution in [0, 0.1) is 0 Å². The Labute approximate surface area is 138 Å². The molecule has 1 aromatic heterocycles. The SMILES string of the molecule is CCn1nccc1C(C)NC(=O)c1ccc(OC(F)F)c(OC)c1. The van der Waals surface area contributed by atoms with E-state index >= 15 is 0 Å². The van der Waals surface area contributed by atoms with Crippen molar-refractivity contribution in [2.75, 3.05) is 7.11 Å². The van der Waals surface area contributed by atoms with E-state index in [4.69, 9.17) is 4.74 Å². The Morgan fingerprint density at radius 3 is 2.71 bits per heavy atom. The molecule has 0 radical (unpaired) electrons. The Balaban J connectivity index is 2.14. The van der Waals surface area contributed by atoms with Crippen molar-refractivity contribution in [1.82, 2.24) is 15.1 Å². The number of aryl methyl sites for hydroxylation is 1. The van der Waals surface area contributed by atoms with Crippen molar-refractivity contribution in [3.8, 4) is 11.5 Å². The molecule has 2 aromatic rings. The second-order valence-corrected chi connectivity index (χ2v) is 5.01. The van der Waals surface area contributed by atoms with Gasteiger partial charge in [0.1, 0.15) is 0 Å². The first kappa shape index (κ1) is 17.7. The second kappa shape index (κ2) is 7.76. The van der Waals surface area contributed by atoms with Crippen LogP contribution >= 0.6 is 0 Å². The van der Waals surface area contributed by atoms with E-state index in [2.05, 4.69) is 15.2 Å². The van der Waals surface area contributed by atoms with Crippen LogP contribution in [-0.4, -0.2) is 29.4 Å². The molecule has 24 heavy (non-hydrogen) atoms. The normalized spacial score (nSPS) is 12.1. The highest BCUT2D eigenvalue weighted by atomic mass is 19.3. The number of carbonyl (C=O) groups excluding carboxylic acids is 1. The average Bonchev–Trinajstić information content (AvgIpc) is 3.03. The number of halogens is 2. The molecule has 1 aromatic carbocycles. The third-order valence-corrected chi connectivity index (χ3v) is 3.48. The van der Waals surface area contributed by atoms with Crippen molar-refractivity contribution in [3.63, 3.8) is 0 Å². The summed E-state index contributed by atoms with van der Waals surface area (Å²) in [5.74, 6) is -0.413. The molecule has 1 N–H and O–H groups in total. The lowest BCUT2D eigenvalue weighted by Gasteiger charge is -2.16. The number of nitrogens with one attached hydrogen (secondary N) is 1. The van der Waals surface area contributed by atoms with Gasteiger partial charge in [-0.25, -0.2) is 0 Å². The van der Waals surface area contributed by atoms with E-state index in [0.717, 1.165) is 5.69 Å². The van der Waals surface area contributed by atoms with E-state index < -0.39 is 6.61 Å². The topological polar surface area (TPSA) is 65.4 Å². The number of ether oxygens (including phenoxy) is 2. The highest BCUT2D eigenvalue weighted by Gasteiger charge is 2.17. The highest BCUT2D eigenvalue weighted by Crippen LogP contribution is 2.29. The number of alkyl halides is 2. The van der Waals surface area contributed by atoms with Crippen molar-refractivity contribution >= 4 is 5.91 Å². The predicted molar refractivity (Wildman–Crippen MR) is 83.4 cm³/mol. The van der Waals surface area contributed by atoms with E-state index in [9.17, 15) is 13.6 Å². The van der Waals surface area contributed by atoms with Gasteiger partial charge >= 0.3 is 6.61 Å². The Morgan fingerprint density at radius 1 is 1.33 bits per heavy atom. The minimum Gasteiger partial charge on any atom is -0.493 e. The average molecular weight is 339 g/mol. The van der Waals surface area contributed by atoms with Gasteiger partial charge in [-0.15, -0.1) is 0 Å². The Hall–Kier alpha value is -2.64. The maximum absolute atomic E-state index is 12.4. The van der Waals surface area contributed by atoms with Gasteiger partial charge in [0.2, 0.25) is 0 Å². The number of carbonyl (C=O) groups is 1. The lowest BCUT2D eigenvalue weighted by Crippen LogP contribution is -2.28. The smallest absolute Gasteiger partial charge is 0.387 e. The zero-order valence-electron chi connectivity index (χ0n) is 13.6. The number of benzene rings is 1. The van der Waals surface area contributed by atoms with Crippen LogP contribution in [0.2, 0.25) is 0 Å². The molecule has 8 heteroatoms. The number of rotatable bonds is 7. The Kier molecular flexibility index (Phi) is 5.73. The Bertz CT molecular complexity index is 704. The van der Waals surface area contributed by atoms with Crippen molar-refractivity contribution in [2.45, 2.75) is 33.0 Å². The summed E-state index contributed by atoms with van der Waals surface area (Å²) in [5, 5.41) is 7.00. The summed E-state index contributed by atoms with van der Waals surface area (Å²) in [6.45, 7) is 1.52. The van der Waals surface area contributed by atoms with Crippen molar-refractivity contribution in [1.29, 1.82) is 0 Å². The summed E-state index contributed by atoms with van der Waals surface area (Å²) in [6, 6.07) is 5.61. The molecular formula is C16H19F2N3O3. The summed E-state index contributed by atoms with van der Waals surface area (Å²) < 4.78 is 35.8. The molecule has 0 aliphatic carbocycles. The number of nitrogens with zero attached hydrogens (tertiary/aromatic N) is 2. The number of aromatic nitrogens is 2. The molecule has 1 unspecified atom stereocenters. The van der Waals surface area contributed by atoms with Crippen LogP contribution in [0.5, 0.6) is 11.5 Å². The molecule has 130 valence electrons. The molecule has 1 amide bonds. The Morgan fingerprint density at radius 2 is 2.08 bits per heavy atom. The number of hydrogen-bond donors (Lipinski definition) is 1. The molecule has 0 aliphatic heterocycles. The largest absolute Gasteiger partial charge is 0.493 e. The molecule has 0 aliphatic rings. The monoisotopic (exact) mass is 339 g/mol. The maximum atomic E-state index is 12.4. The van der Waals surface area contributed by atoms with Gasteiger partial charge in [0, 0.05) is 18.3 Å². The van der Waals surface area contributed by atoms with Gasteiger partial charge in [-0.3, -0.25) is 9.48 Å². The van der Waals surface area contributed by atoms with Crippen molar-refractivity contribution in [3.05, 3.63) is 41.7 Å². The molecule has 0 saturated carbocycles. The summed E-state index contributed by atoms with van der Waals surface area (Å²) in [7, 11) is 1.32. The molecule has 0 fully saturated rings. The summed E-state index contributed by atoms with van der Waals surface area (Å²) >= 11 is 0. The van der Waals surface area contributed by atoms with Crippen LogP contribution in [-0.2, 0) is 6.54 Å². The lowest BCUT2D eigenvalue weighted by molar-refractivity contribution is -0.0512. The van der Waals surface area contributed by atoms with Gasteiger partial charge in [0.15, 0.2) is 11.5 Å². The summed E-state index contributed by atoms with van der Waals surface area (Å²) in [6.07, 6.45) is 1.67. The van der Waals surface area contributed by atoms with E-state index in [1.54, 1.807) is 10.9 Å². The molecule has 0 bridgehead atoms. The van der Waals surface area contributed by atoms with Gasteiger partial charge < -0.3 is 14.8 Å². The number of amides is 1. The second-order valence-electron chi connectivity index (χ2n) is 5.01. The zero-order valence-corrected chi connectivity index (χ0v) is 13.6. The number of hydrogen-bond acceptors (Lipinski definition) is 4. The van der Waals surface area contributed by atoms with Crippen molar-refractivity contribution in [2.24, 2.45) is 0 Å². The van der Waals surface area contributed by atoms with Gasteiger partial charge in [-0.1, -0.05) is 0 Å². The van der Waals surface area contributed by atoms with Crippen LogP contribution in [0.4, 0.5) is 8.78 Å². The lowest BCUT2D eigenvalue weighted by atomic mass is 10.1. The summed E-state index contributed by atoms with van der Waals surface area (Å²) in [5.41, 5.74) is 1.15. The molecule has 6 nitrogen and oxygen atoms in total. The van der Waals surface area contributed by atoms with Crippen LogP contribution in [0.25, 0.3) is 0 Å². The van der Waals surface area contributed by atoms with Gasteiger partial charge in [-0.2, -0.15) is 13.9 Å². The standard InChI is InChI=1S/C16H19F2N3O3/c1-4-21-12(7-8-19-21)10(2)20-15(22)11-5-6-13(24-16(17)18)14(9-11)23-3/h5-10,16H,4H2,1-3H3,(H,20,22). The van der Waals surface area contributed by atoms with E-state index in [0.29, 0.717) is 6.54 Å². The fourth-order valence-electron chi connectivity index (χ4n) is 2.33. The zero-order chi connectivity index (χ0) is 17.7. The molecule has 1 atom stereocenters. The third kappa shape index (κ3) is 4.01. The fraction of sp³-hybridized carbons (Fsp3) is 0.375. The number of methoxy groups -OCH3 is 1. The van der Waals surface area contributed by atoms with Gasteiger partial charge in [0.25, 0.3) is 5.91 Å². The molecule has 1 heterocycles. The fourth-order valence-corrected chi connectivity index (χ4v) is 2.33. The first-order valence-corrected chi connectivity index (χ1v) is 7.41. The minimum absolute atomic E-state index is 0.0641. The first-order chi connectivity index (χ1) is 11.5. The van der Waals surface area contributed by atoms with Crippen LogP contribution < -0.4 is 14.8 Å². The maximum Gasteiger partial charge on any atom is 0.387 e. The molecular weight excluding hydrogens is 320 g/mol. The van der Waals surface area contributed by atoms with E-state index in [1.807, 2.05) is 19.9 Å². The van der Waals surface area contributed by atoms with Crippen LogP contribution in [0.15, 0.2) is 30.5 Å². The predicted octanol–water partition coefficient (Wildman–Crippen LogP) is 3.00. The van der Waals surface area contributed by atoms with Gasteiger partial charge in [-0.05, 0) is 38.1 Å². The minimum atomic E-state index is -2.96. The highest BCUT2D eigenvalue weighted by molar-refractivity contribution is 5.95. The first-order valence-electron chi connectivity index (χ1n) is 7.41. The van der Waals surface area contributed by atoms with E-state index in [-0.39, 0.29) is 29.0 Å². The quantitative estimate of drug-likeness (QED) is 0.842. The third-order valence-electron chi connectivity index (χ3n) is 3.48. The van der Waals surface area contributed by atoms with Crippen molar-refractivity contribution < 1.29 is 23.0 Å². The summed E-state index contributed by atoms with van der Waals surface area (Å²) in [4.78, 5) is 12.4. The van der Waals surface area contributed by atoms with Crippen LogP contribution in [0.3, 0.4) is 0 Å². The van der Waals surface area contributed by atoms with Crippen LogP contribution in [0.1, 0.15) is 35.9 Å². The molecule has 0 saturated heterocycles. The molecule has 0 spiro atoms. The van der Waals surface area contributed by atoms with E-state index in [1.165, 1.54) is 25.3 Å². The van der Waals surface area contributed by atoms with Gasteiger partial charge in [0.05, 0.1) is 18.8 Å². The molecule has 2 rings (SSSR count).